The van der Waals surface area contributed by atoms with Crippen molar-refractivity contribution >= 4 is 12.0 Å². The van der Waals surface area contributed by atoms with E-state index in [-0.39, 0.29) is 0 Å². The summed E-state index contributed by atoms with van der Waals surface area (Å²) in [6.07, 6.45) is 16.0. The van der Waals surface area contributed by atoms with E-state index in [4.69, 9.17) is 10.2 Å². The lowest BCUT2D eigenvalue weighted by Gasteiger charge is -2.00. The van der Waals surface area contributed by atoms with Gasteiger partial charge < -0.3 is 10.2 Å². The molecular formula is C21H34O3. The second-order valence-corrected chi connectivity index (χ2v) is 5.99. The van der Waals surface area contributed by atoms with Crippen LogP contribution >= 0.6 is 0 Å². The largest absolute Gasteiger partial charge is 0.478 e. The quantitative estimate of drug-likeness (QED) is 0.382. The lowest BCUT2D eigenvalue weighted by molar-refractivity contribution is -0.131. The van der Waals surface area contributed by atoms with Crippen LogP contribution in [-0.2, 0) is 4.79 Å². The minimum Gasteiger partial charge on any atom is -0.478 e. The van der Waals surface area contributed by atoms with E-state index < -0.39 is 5.97 Å². The molecule has 0 atom stereocenters. The summed E-state index contributed by atoms with van der Waals surface area (Å²) in [6.45, 7) is 2.63. The average Bonchev–Trinajstić information content (AvgIpc) is 2.60. The number of aliphatic hydroxyl groups excluding tert-OH is 1. The van der Waals surface area contributed by atoms with Gasteiger partial charge in [0.2, 0.25) is 0 Å². The predicted octanol–water partition coefficient (Wildman–Crippen LogP) is 5.68. The first-order valence-corrected chi connectivity index (χ1v) is 9.27. The fourth-order valence-electron chi connectivity index (χ4n) is 2.33. The van der Waals surface area contributed by atoms with Gasteiger partial charge in [0.15, 0.2) is 0 Å². The van der Waals surface area contributed by atoms with E-state index in [9.17, 15) is 4.79 Å². The Labute approximate surface area is 147 Å². The van der Waals surface area contributed by atoms with Crippen LogP contribution in [0.4, 0.5) is 0 Å². The molecule has 0 radical (unpaired) electrons. The summed E-state index contributed by atoms with van der Waals surface area (Å²) in [5.74, 6) is -0.922. The molecule has 0 saturated carbocycles. The third kappa shape index (κ3) is 16.8. The van der Waals surface area contributed by atoms with Crippen molar-refractivity contribution in [2.75, 3.05) is 6.61 Å². The van der Waals surface area contributed by atoms with Gasteiger partial charge in [0.05, 0.1) is 0 Å². The first-order chi connectivity index (χ1) is 11.7. The Balaban J connectivity index is 0.000000446. The standard InChI is InChI=1S/C12H26O.C9H8O2/c1-2-3-4-5-6-7-8-9-10-11-12-13;10-9(11)7-6-8-4-2-1-3-5-8/h13H,2-12H2,1H3;1-7H,(H,10,11). The molecule has 3 heteroatoms. The Morgan fingerprint density at radius 3 is 1.83 bits per heavy atom. The van der Waals surface area contributed by atoms with E-state index in [1.165, 1.54) is 57.8 Å². The number of hydrogen-bond donors (Lipinski definition) is 2. The normalized spacial score (nSPS) is 10.4. The number of carbonyl (C=O) groups is 1. The van der Waals surface area contributed by atoms with Gasteiger partial charge in [0.25, 0.3) is 0 Å². The number of carboxylic acids is 1. The van der Waals surface area contributed by atoms with Crippen LogP contribution in [0, 0.1) is 0 Å². The van der Waals surface area contributed by atoms with Gasteiger partial charge in [-0.25, -0.2) is 4.79 Å². The molecular weight excluding hydrogens is 300 g/mol. The molecule has 0 spiro atoms. The topological polar surface area (TPSA) is 57.5 Å². The van der Waals surface area contributed by atoms with E-state index in [0.717, 1.165) is 18.1 Å². The lowest BCUT2D eigenvalue weighted by Crippen LogP contribution is -1.85. The van der Waals surface area contributed by atoms with E-state index in [2.05, 4.69) is 6.92 Å². The highest BCUT2D eigenvalue weighted by molar-refractivity contribution is 5.85. The van der Waals surface area contributed by atoms with Gasteiger partial charge in [-0.2, -0.15) is 0 Å². The number of aliphatic hydroxyl groups is 1. The van der Waals surface area contributed by atoms with Crippen molar-refractivity contribution in [2.45, 2.75) is 71.1 Å². The van der Waals surface area contributed by atoms with Gasteiger partial charge in [0.1, 0.15) is 0 Å². The van der Waals surface area contributed by atoms with Crippen LogP contribution in [0.25, 0.3) is 6.08 Å². The minimum absolute atomic E-state index is 0.372. The highest BCUT2D eigenvalue weighted by Crippen LogP contribution is 2.10. The molecule has 2 N–H and O–H groups in total. The van der Waals surface area contributed by atoms with Crippen molar-refractivity contribution in [3.63, 3.8) is 0 Å². The highest BCUT2D eigenvalue weighted by atomic mass is 16.4. The number of unbranched alkanes of at least 4 members (excludes halogenated alkanes) is 9. The molecule has 0 aliphatic carbocycles. The van der Waals surface area contributed by atoms with Crippen LogP contribution in [0.3, 0.4) is 0 Å². The lowest BCUT2D eigenvalue weighted by atomic mass is 10.1. The van der Waals surface area contributed by atoms with Crippen LogP contribution in [0.5, 0.6) is 0 Å². The number of hydrogen-bond acceptors (Lipinski definition) is 2. The van der Waals surface area contributed by atoms with Crippen molar-refractivity contribution in [3.8, 4) is 0 Å². The molecule has 1 aromatic rings. The molecule has 0 aliphatic rings. The Morgan fingerprint density at radius 1 is 0.875 bits per heavy atom. The molecule has 0 heterocycles. The van der Waals surface area contributed by atoms with Crippen molar-refractivity contribution in [1.82, 2.24) is 0 Å². The minimum atomic E-state index is -0.922. The van der Waals surface area contributed by atoms with E-state index in [1.54, 1.807) is 6.08 Å². The fourth-order valence-corrected chi connectivity index (χ4v) is 2.33. The first-order valence-electron chi connectivity index (χ1n) is 9.27. The molecule has 3 nitrogen and oxygen atoms in total. The Morgan fingerprint density at radius 2 is 1.38 bits per heavy atom. The zero-order valence-corrected chi connectivity index (χ0v) is 15.1. The van der Waals surface area contributed by atoms with E-state index >= 15 is 0 Å². The van der Waals surface area contributed by atoms with Gasteiger partial charge in [-0.1, -0.05) is 95.0 Å². The van der Waals surface area contributed by atoms with Crippen LogP contribution < -0.4 is 0 Å². The summed E-state index contributed by atoms with van der Waals surface area (Å²) < 4.78 is 0. The summed E-state index contributed by atoms with van der Waals surface area (Å²) in [6, 6.07) is 9.31. The number of carboxylic acid groups (broad SMARTS) is 1. The second kappa shape index (κ2) is 17.7. The number of aliphatic carboxylic acids is 1. The Kier molecular flexibility index (Phi) is 16.5. The van der Waals surface area contributed by atoms with E-state index in [1.807, 2.05) is 30.3 Å². The number of benzene rings is 1. The maximum Gasteiger partial charge on any atom is 0.328 e. The van der Waals surface area contributed by atoms with Crippen molar-refractivity contribution in [3.05, 3.63) is 42.0 Å². The molecule has 0 amide bonds. The average molecular weight is 334 g/mol. The SMILES string of the molecule is CCCCCCCCCCCCO.O=C(O)C=Cc1ccccc1. The third-order valence-corrected chi connectivity index (χ3v) is 3.73. The molecule has 1 rings (SSSR count). The van der Waals surface area contributed by atoms with Crippen LogP contribution in [0.15, 0.2) is 36.4 Å². The Hall–Kier alpha value is -1.61. The van der Waals surface area contributed by atoms with Gasteiger partial charge in [-0.15, -0.1) is 0 Å². The molecule has 0 unspecified atom stereocenters. The first kappa shape index (κ1) is 22.4. The monoisotopic (exact) mass is 334 g/mol. The van der Waals surface area contributed by atoms with Crippen molar-refractivity contribution < 1.29 is 15.0 Å². The Bertz CT molecular complexity index is 402. The van der Waals surface area contributed by atoms with Crippen molar-refractivity contribution in [2.24, 2.45) is 0 Å². The second-order valence-electron chi connectivity index (χ2n) is 5.99. The zero-order chi connectivity index (χ0) is 17.9. The van der Waals surface area contributed by atoms with Crippen LogP contribution in [0.2, 0.25) is 0 Å². The maximum atomic E-state index is 10.1. The summed E-state index contributed by atoms with van der Waals surface area (Å²) >= 11 is 0. The van der Waals surface area contributed by atoms with Crippen LogP contribution in [0.1, 0.15) is 76.7 Å². The van der Waals surface area contributed by atoms with Gasteiger partial charge in [-0.05, 0) is 18.1 Å². The molecule has 0 bridgehead atoms. The molecule has 0 aromatic heterocycles. The zero-order valence-electron chi connectivity index (χ0n) is 15.1. The third-order valence-electron chi connectivity index (χ3n) is 3.73. The predicted molar refractivity (Wildman–Crippen MR) is 102 cm³/mol. The van der Waals surface area contributed by atoms with Crippen LogP contribution in [-0.4, -0.2) is 22.8 Å². The fraction of sp³-hybridized carbons (Fsp3) is 0.571. The molecule has 0 aliphatic heterocycles. The van der Waals surface area contributed by atoms with E-state index in [0.29, 0.717) is 6.61 Å². The summed E-state index contributed by atoms with van der Waals surface area (Å²) in [5, 5.41) is 16.9. The van der Waals surface area contributed by atoms with Crippen molar-refractivity contribution in [1.29, 1.82) is 0 Å². The molecule has 136 valence electrons. The molecule has 1 aromatic carbocycles. The summed E-state index contributed by atoms with van der Waals surface area (Å²) in [7, 11) is 0. The van der Waals surface area contributed by atoms with Gasteiger partial charge in [0, 0.05) is 12.7 Å². The smallest absolute Gasteiger partial charge is 0.328 e. The number of rotatable bonds is 12. The summed E-state index contributed by atoms with van der Waals surface area (Å²) in [5.41, 5.74) is 0.898. The summed E-state index contributed by atoms with van der Waals surface area (Å²) in [4.78, 5) is 10.1. The maximum absolute atomic E-state index is 10.1. The molecule has 0 saturated heterocycles. The highest BCUT2D eigenvalue weighted by Gasteiger charge is 1.91. The van der Waals surface area contributed by atoms with Gasteiger partial charge >= 0.3 is 5.97 Å². The molecule has 0 fully saturated rings. The van der Waals surface area contributed by atoms with Gasteiger partial charge in [-0.3, -0.25) is 0 Å². The molecule has 24 heavy (non-hydrogen) atoms.